The van der Waals surface area contributed by atoms with Gasteiger partial charge in [-0.3, -0.25) is 10.0 Å². The molecule has 1 aliphatic heterocycles. The Balaban J connectivity index is 1.83. The normalized spacial score (nSPS) is 18.5. The highest BCUT2D eigenvalue weighted by Gasteiger charge is 2.42. The van der Waals surface area contributed by atoms with Crippen molar-refractivity contribution in [3.05, 3.63) is 53.6 Å². The molecule has 0 aromatic heterocycles. The smallest absolute Gasteiger partial charge is 0.263 e. The van der Waals surface area contributed by atoms with E-state index >= 15 is 0 Å². The third-order valence-corrected chi connectivity index (χ3v) is 8.10. The quantitative estimate of drug-likeness (QED) is 0.461. The summed E-state index contributed by atoms with van der Waals surface area (Å²) >= 11 is 5.83. The maximum absolute atomic E-state index is 13.1. The summed E-state index contributed by atoms with van der Waals surface area (Å²) in [6.45, 7) is -0.788. The maximum Gasteiger partial charge on any atom is 0.263 e. The fraction of sp³-hybridized carbons (Fsp3) is 0.278. The number of nitrogens with zero attached hydrogens (tertiary/aromatic N) is 2. The topological polar surface area (TPSA) is 133 Å². The monoisotopic (exact) mass is 489 g/mol. The molecule has 0 radical (unpaired) electrons. The standard InChI is InChI=1S/C18H20ClN3O7S2/c1-30(25,26)21-10-11-22(17(12-21)18(23)20-24)31(27,28)16-8-6-15(7-9-16)29-14-4-2-13(19)3-5-14/h2-9,17,24H,10-12H2,1H3,(H,20,23). The molecule has 0 spiro atoms. The Morgan fingerprint density at radius 2 is 1.58 bits per heavy atom. The molecule has 1 saturated heterocycles. The van der Waals surface area contributed by atoms with Crippen LogP contribution in [0.3, 0.4) is 0 Å². The van der Waals surface area contributed by atoms with Crippen LogP contribution >= 0.6 is 11.6 Å². The molecule has 0 saturated carbocycles. The van der Waals surface area contributed by atoms with Gasteiger partial charge < -0.3 is 4.74 Å². The molecule has 2 N–H and O–H groups in total. The molecule has 1 fully saturated rings. The third kappa shape index (κ3) is 5.34. The SMILES string of the molecule is CS(=O)(=O)N1CCN(S(=O)(=O)c2ccc(Oc3ccc(Cl)cc3)cc2)C(C(=O)NO)C1. The Bertz CT molecular complexity index is 1150. The molecule has 1 unspecified atom stereocenters. The van der Waals surface area contributed by atoms with Crippen LogP contribution in [0.2, 0.25) is 5.02 Å². The van der Waals surface area contributed by atoms with Gasteiger partial charge in [0.15, 0.2) is 0 Å². The van der Waals surface area contributed by atoms with Crippen molar-refractivity contribution in [3.63, 3.8) is 0 Å². The van der Waals surface area contributed by atoms with E-state index in [0.29, 0.717) is 16.5 Å². The van der Waals surface area contributed by atoms with E-state index in [4.69, 9.17) is 21.5 Å². The van der Waals surface area contributed by atoms with Crippen molar-refractivity contribution in [1.82, 2.24) is 14.1 Å². The predicted octanol–water partition coefficient (Wildman–Crippen LogP) is 1.27. The summed E-state index contributed by atoms with van der Waals surface area (Å²) in [6, 6.07) is 10.7. The Labute approximate surface area is 185 Å². The molecular formula is C18H20ClN3O7S2. The number of rotatable bonds is 6. The van der Waals surface area contributed by atoms with Gasteiger partial charge >= 0.3 is 0 Å². The third-order valence-electron chi connectivity index (χ3n) is 4.66. The van der Waals surface area contributed by atoms with E-state index in [1.165, 1.54) is 29.7 Å². The summed E-state index contributed by atoms with van der Waals surface area (Å²) in [4.78, 5) is 12.0. The highest BCUT2D eigenvalue weighted by molar-refractivity contribution is 7.89. The molecule has 1 amide bonds. The highest BCUT2D eigenvalue weighted by atomic mass is 35.5. The minimum absolute atomic E-state index is 0.112. The zero-order valence-corrected chi connectivity index (χ0v) is 18.7. The number of halogens is 1. The van der Waals surface area contributed by atoms with Gasteiger partial charge in [0.2, 0.25) is 20.0 Å². The lowest BCUT2D eigenvalue weighted by atomic mass is 10.2. The lowest BCUT2D eigenvalue weighted by Crippen LogP contribution is -2.60. The van der Waals surface area contributed by atoms with Crippen LogP contribution in [0.5, 0.6) is 11.5 Å². The Hall–Kier alpha value is -2.22. The molecule has 1 heterocycles. The van der Waals surface area contributed by atoms with E-state index in [0.717, 1.165) is 14.9 Å². The van der Waals surface area contributed by atoms with E-state index in [1.807, 2.05) is 0 Å². The summed E-state index contributed by atoms with van der Waals surface area (Å²) in [7, 11) is -7.81. The van der Waals surface area contributed by atoms with Crippen molar-refractivity contribution >= 4 is 37.6 Å². The molecule has 1 atom stereocenters. The van der Waals surface area contributed by atoms with E-state index in [2.05, 4.69) is 0 Å². The first kappa shape index (κ1) is 23.4. The lowest BCUT2D eigenvalue weighted by molar-refractivity contribution is -0.134. The van der Waals surface area contributed by atoms with Crippen LogP contribution in [0.1, 0.15) is 0 Å². The number of benzene rings is 2. The van der Waals surface area contributed by atoms with Gasteiger partial charge in [-0.25, -0.2) is 22.3 Å². The van der Waals surface area contributed by atoms with E-state index < -0.39 is 38.5 Å². The van der Waals surface area contributed by atoms with Crippen LogP contribution in [-0.2, 0) is 24.8 Å². The van der Waals surface area contributed by atoms with Crippen molar-refractivity contribution in [2.75, 3.05) is 25.9 Å². The van der Waals surface area contributed by atoms with Crippen molar-refractivity contribution in [3.8, 4) is 11.5 Å². The molecule has 3 rings (SSSR count). The van der Waals surface area contributed by atoms with Crippen LogP contribution in [0.4, 0.5) is 0 Å². The Kier molecular flexibility index (Phi) is 6.88. The van der Waals surface area contributed by atoms with E-state index in [1.54, 1.807) is 24.3 Å². The number of carbonyl (C=O) groups excluding carboxylic acids is 1. The van der Waals surface area contributed by atoms with Crippen LogP contribution in [0, 0.1) is 0 Å². The summed E-state index contributed by atoms with van der Waals surface area (Å²) in [5.41, 5.74) is 1.40. The second-order valence-corrected chi connectivity index (χ2v) is 11.1. The number of hydrogen-bond donors (Lipinski definition) is 2. The number of piperazine rings is 1. The molecule has 2 aromatic carbocycles. The zero-order chi connectivity index (χ0) is 22.8. The summed E-state index contributed by atoms with van der Waals surface area (Å²) < 4.78 is 57.4. The average Bonchev–Trinajstić information content (AvgIpc) is 2.74. The highest BCUT2D eigenvalue weighted by Crippen LogP contribution is 2.27. The largest absolute Gasteiger partial charge is 0.457 e. The molecule has 2 aromatic rings. The van der Waals surface area contributed by atoms with Gasteiger partial charge in [-0.1, -0.05) is 11.6 Å². The van der Waals surface area contributed by atoms with Crippen LogP contribution in [0.15, 0.2) is 53.4 Å². The minimum atomic E-state index is -4.16. The summed E-state index contributed by atoms with van der Waals surface area (Å²) in [5, 5.41) is 9.56. The molecule has 1 aliphatic rings. The van der Waals surface area contributed by atoms with Crippen LogP contribution in [-0.4, -0.2) is 68.5 Å². The number of amides is 1. The van der Waals surface area contributed by atoms with Gasteiger partial charge in [-0.2, -0.15) is 8.61 Å². The van der Waals surface area contributed by atoms with Crippen molar-refractivity contribution in [2.24, 2.45) is 0 Å². The first-order valence-electron chi connectivity index (χ1n) is 8.97. The Morgan fingerprint density at radius 1 is 1.03 bits per heavy atom. The number of ether oxygens (including phenoxy) is 1. The van der Waals surface area contributed by atoms with Gasteiger partial charge in [0.1, 0.15) is 17.5 Å². The average molecular weight is 490 g/mol. The number of hydroxylamine groups is 1. The zero-order valence-electron chi connectivity index (χ0n) is 16.3. The molecule has 0 aliphatic carbocycles. The Morgan fingerprint density at radius 3 is 2.10 bits per heavy atom. The van der Waals surface area contributed by atoms with E-state index in [9.17, 15) is 21.6 Å². The van der Waals surface area contributed by atoms with Crippen LogP contribution < -0.4 is 10.2 Å². The predicted molar refractivity (Wildman–Crippen MR) is 112 cm³/mol. The fourth-order valence-corrected chi connectivity index (χ4v) is 5.59. The molecule has 10 nitrogen and oxygen atoms in total. The van der Waals surface area contributed by atoms with Crippen LogP contribution in [0.25, 0.3) is 0 Å². The number of hydrogen-bond acceptors (Lipinski definition) is 7. The molecule has 168 valence electrons. The molecule has 13 heteroatoms. The van der Waals surface area contributed by atoms with Crippen molar-refractivity contribution < 1.29 is 31.6 Å². The van der Waals surface area contributed by atoms with Gasteiger partial charge in [0, 0.05) is 24.7 Å². The van der Waals surface area contributed by atoms with Gasteiger partial charge in [0.25, 0.3) is 5.91 Å². The summed E-state index contributed by atoms with van der Waals surface area (Å²) in [6.07, 6.45) is 0.963. The maximum atomic E-state index is 13.1. The van der Waals surface area contributed by atoms with Crippen molar-refractivity contribution in [2.45, 2.75) is 10.9 Å². The fourth-order valence-electron chi connectivity index (χ4n) is 3.07. The van der Waals surface area contributed by atoms with E-state index in [-0.39, 0.29) is 18.0 Å². The first-order chi connectivity index (χ1) is 14.5. The minimum Gasteiger partial charge on any atom is -0.457 e. The van der Waals surface area contributed by atoms with Gasteiger partial charge in [-0.15, -0.1) is 0 Å². The molecule has 31 heavy (non-hydrogen) atoms. The lowest BCUT2D eigenvalue weighted by Gasteiger charge is -2.38. The first-order valence-corrected chi connectivity index (χ1v) is 12.6. The van der Waals surface area contributed by atoms with Gasteiger partial charge in [-0.05, 0) is 48.5 Å². The number of nitrogens with one attached hydrogen (secondary N) is 1. The second kappa shape index (κ2) is 9.10. The number of sulfonamides is 2. The second-order valence-electron chi connectivity index (χ2n) is 6.76. The number of carbonyl (C=O) groups is 1. The van der Waals surface area contributed by atoms with Gasteiger partial charge in [0.05, 0.1) is 11.2 Å². The molecule has 0 bridgehead atoms. The molecular weight excluding hydrogens is 470 g/mol. The summed E-state index contributed by atoms with van der Waals surface area (Å²) in [5.74, 6) is -0.135. The van der Waals surface area contributed by atoms with Crippen molar-refractivity contribution in [1.29, 1.82) is 0 Å².